The van der Waals surface area contributed by atoms with Crippen LogP contribution in [0.15, 0.2) is 18.3 Å². The van der Waals surface area contributed by atoms with Gasteiger partial charge in [0.05, 0.1) is 5.69 Å². The van der Waals surface area contributed by atoms with Gasteiger partial charge < -0.3 is 0 Å². The molecule has 0 amide bonds. The molecule has 2 rings (SSSR count). The fraction of sp³-hybridized carbons (Fsp3) is 0.167. The summed E-state index contributed by atoms with van der Waals surface area (Å²) in [6.07, 6.45) is 1.76. The maximum absolute atomic E-state index is 4.09. The van der Waals surface area contributed by atoms with Gasteiger partial charge in [0.2, 0.25) is 0 Å². The highest BCUT2D eigenvalue weighted by molar-refractivity contribution is 5.66. The van der Waals surface area contributed by atoms with E-state index in [-0.39, 0.29) is 0 Å². The molecule has 0 saturated heterocycles. The second-order valence-corrected chi connectivity index (χ2v) is 2.18. The molecular weight excluding hydrogens is 128 g/mol. The highest BCUT2D eigenvalue weighted by Gasteiger charge is 2.12. The first kappa shape index (κ1) is 5.49. The van der Waals surface area contributed by atoms with Crippen molar-refractivity contribution in [3.63, 3.8) is 0 Å². The number of hydrogen-bond acceptors (Lipinski definition) is 4. The molecule has 0 unspecified atom stereocenters. The van der Waals surface area contributed by atoms with E-state index in [1.165, 1.54) is 0 Å². The van der Waals surface area contributed by atoms with Gasteiger partial charge in [0.25, 0.3) is 0 Å². The highest BCUT2D eigenvalue weighted by Crippen LogP contribution is 2.22. The van der Waals surface area contributed by atoms with Gasteiger partial charge in [0.1, 0.15) is 0 Å². The van der Waals surface area contributed by atoms with Crippen LogP contribution in [0.3, 0.4) is 0 Å². The Morgan fingerprint density at radius 2 is 2.40 bits per heavy atom. The van der Waals surface area contributed by atoms with Gasteiger partial charge in [-0.25, -0.2) is 4.98 Å². The number of rotatable bonds is 0. The monoisotopic (exact) mass is 136 g/mol. The lowest BCUT2D eigenvalue weighted by Gasteiger charge is -2.06. The summed E-state index contributed by atoms with van der Waals surface area (Å²) in [5.74, 6) is 0.880. The van der Waals surface area contributed by atoms with Gasteiger partial charge in [-0.15, -0.1) is 5.12 Å². The Morgan fingerprint density at radius 3 is 3.20 bits per heavy atom. The lowest BCUT2D eigenvalue weighted by atomic mass is 10.4. The third-order valence-electron chi connectivity index (χ3n) is 1.37. The molecule has 52 valence electrons. The van der Waals surface area contributed by atoms with E-state index >= 15 is 0 Å². The summed E-state index contributed by atoms with van der Waals surface area (Å²) < 4.78 is 0. The minimum Gasteiger partial charge on any atom is -0.298 e. The Kier molecular flexibility index (Phi) is 1.01. The molecule has 1 aromatic rings. The number of hydrogen-bond donors (Lipinski definition) is 2. The van der Waals surface area contributed by atoms with Gasteiger partial charge in [0, 0.05) is 13.2 Å². The van der Waals surface area contributed by atoms with Crippen LogP contribution in [0.5, 0.6) is 0 Å². The van der Waals surface area contributed by atoms with E-state index in [2.05, 4.69) is 15.8 Å². The predicted molar refractivity (Wildman–Crippen MR) is 39.2 cm³/mol. The van der Waals surface area contributed by atoms with Crippen molar-refractivity contribution >= 4 is 11.5 Å². The quantitative estimate of drug-likeness (QED) is 0.550. The van der Waals surface area contributed by atoms with Crippen LogP contribution >= 0.6 is 0 Å². The van der Waals surface area contributed by atoms with Crippen molar-refractivity contribution < 1.29 is 0 Å². The average Bonchev–Trinajstić information content (AvgIpc) is 2.27. The van der Waals surface area contributed by atoms with E-state index in [9.17, 15) is 0 Å². The molecule has 0 fully saturated rings. The minimum atomic E-state index is 0.880. The summed E-state index contributed by atoms with van der Waals surface area (Å²) in [6, 6.07) is 3.87. The summed E-state index contributed by atoms with van der Waals surface area (Å²) in [4.78, 5) is 4.09. The van der Waals surface area contributed by atoms with Crippen LogP contribution in [0, 0.1) is 0 Å². The number of hydrazine groups is 2. The molecule has 0 bridgehead atoms. The van der Waals surface area contributed by atoms with Crippen LogP contribution in [0.2, 0.25) is 0 Å². The number of nitrogens with one attached hydrogen (secondary N) is 2. The Morgan fingerprint density at radius 1 is 1.50 bits per heavy atom. The molecule has 0 spiro atoms. The summed E-state index contributed by atoms with van der Waals surface area (Å²) >= 11 is 0. The Hall–Kier alpha value is -1.29. The fourth-order valence-corrected chi connectivity index (χ4v) is 0.952. The molecule has 0 radical (unpaired) electrons. The molecule has 4 heteroatoms. The number of fused-ring (bicyclic) bond motifs is 1. The second-order valence-electron chi connectivity index (χ2n) is 2.18. The lowest BCUT2D eigenvalue weighted by Crippen LogP contribution is -2.24. The highest BCUT2D eigenvalue weighted by atomic mass is 15.8. The molecule has 2 heterocycles. The SMILES string of the molecule is CN1Nc2cccnc2N1. The minimum absolute atomic E-state index is 0.880. The molecule has 1 aromatic heterocycles. The fourth-order valence-electron chi connectivity index (χ4n) is 0.952. The standard InChI is InChI=1S/C6H8N4/c1-10-8-5-3-2-4-7-6(5)9-10/h2-4,8H,1H3,(H,7,9). The summed E-state index contributed by atoms with van der Waals surface area (Å²) in [5.41, 5.74) is 7.08. The Balaban J connectivity index is 2.42. The first-order valence-corrected chi connectivity index (χ1v) is 3.08. The van der Waals surface area contributed by atoms with E-state index in [1.807, 2.05) is 19.2 Å². The molecular formula is C6H8N4. The Bertz CT molecular complexity index is 222. The van der Waals surface area contributed by atoms with Crippen molar-refractivity contribution in [2.24, 2.45) is 0 Å². The smallest absolute Gasteiger partial charge is 0.166 e. The van der Waals surface area contributed by atoms with Gasteiger partial charge in [0.15, 0.2) is 5.82 Å². The molecule has 10 heavy (non-hydrogen) atoms. The molecule has 0 atom stereocenters. The van der Waals surface area contributed by atoms with E-state index in [1.54, 1.807) is 11.3 Å². The van der Waals surface area contributed by atoms with Crippen LogP contribution in [-0.4, -0.2) is 17.1 Å². The van der Waals surface area contributed by atoms with Crippen molar-refractivity contribution in [1.82, 2.24) is 10.1 Å². The van der Waals surface area contributed by atoms with Crippen molar-refractivity contribution in [3.8, 4) is 0 Å². The summed E-state index contributed by atoms with van der Waals surface area (Å²) in [7, 11) is 1.89. The summed E-state index contributed by atoms with van der Waals surface area (Å²) in [6.45, 7) is 0. The molecule has 0 aromatic carbocycles. The van der Waals surface area contributed by atoms with Crippen molar-refractivity contribution in [3.05, 3.63) is 18.3 Å². The second kappa shape index (κ2) is 1.85. The number of nitrogens with zero attached hydrogens (tertiary/aromatic N) is 2. The van der Waals surface area contributed by atoms with E-state index in [4.69, 9.17) is 0 Å². The molecule has 0 aliphatic carbocycles. The van der Waals surface area contributed by atoms with Gasteiger partial charge in [-0.1, -0.05) is 0 Å². The van der Waals surface area contributed by atoms with Gasteiger partial charge in [-0.2, -0.15) is 0 Å². The molecule has 2 N–H and O–H groups in total. The first-order chi connectivity index (χ1) is 4.86. The maximum atomic E-state index is 4.09. The number of anilines is 2. The third-order valence-corrected chi connectivity index (χ3v) is 1.37. The van der Waals surface area contributed by atoms with Crippen LogP contribution < -0.4 is 10.9 Å². The van der Waals surface area contributed by atoms with E-state index in [0.717, 1.165) is 11.5 Å². The lowest BCUT2D eigenvalue weighted by molar-refractivity contribution is 0.505. The maximum Gasteiger partial charge on any atom is 0.166 e. The Labute approximate surface area is 58.8 Å². The number of pyridine rings is 1. The zero-order valence-electron chi connectivity index (χ0n) is 5.63. The van der Waals surface area contributed by atoms with Crippen molar-refractivity contribution in [1.29, 1.82) is 0 Å². The molecule has 4 nitrogen and oxygen atoms in total. The zero-order chi connectivity index (χ0) is 6.97. The molecule has 0 saturated carbocycles. The largest absolute Gasteiger partial charge is 0.298 e. The topological polar surface area (TPSA) is 40.2 Å². The average molecular weight is 136 g/mol. The van der Waals surface area contributed by atoms with E-state index in [0.29, 0.717) is 0 Å². The van der Waals surface area contributed by atoms with Crippen LogP contribution in [0.4, 0.5) is 11.5 Å². The number of aromatic nitrogens is 1. The van der Waals surface area contributed by atoms with E-state index < -0.39 is 0 Å². The normalized spacial score (nSPS) is 15.7. The first-order valence-electron chi connectivity index (χ1n) is 3.08. The van der Waals surface area contributed by atoms with Crippen molar-refractivity contribution in [2.75, 3.05) is 17.9 Å². The van der Waals surface area contributed by atoms with Gasteiger partial charge in [-0.3, -0.25) is 10.9 Å². The van der Waals surface area contributed by atoms with Crippen LogP contribution in [-0.2, 0) is 0 Å². The third kappa shape index (κ3) is 0.698. The van der Waals surface area contributed by atoms with Crippen LogP contribution in [0.1, 0.15) is 0 Å². The molecule has 1 aliphatic rings. The summed E-state index contributed by atoms with van der Waals surface area (Å²) in [5, 5.41) is 1.76. The zero-order valence-corrected chi connectivity index (χ0v) is 5.63. The van der Waals surface area contributed by atoms with Gasteiger partial charge >= 0.3 is 0 Å². The van der Waals surface area contributed by atoms with Crippen molar-refractivity contribution in [2.45, 2.75) is 0 Å². The molecule has 1 aliphatic heterocycles. The van der Waals surface area contributed by atoms with Crippen LogP contribution in [0.25, 0.3) is 0 Å². The van der Waals surface area contributed by atoms with Gasteiger partial charge in [-0.05, 0) is 12.1 Å². The predicted octanol–water partition coefficient (Wildman–Crippen LogP) is 0.681.